The van der Waals surface area contributed by atoms with Crippen LogP contribution in [0.25, 0.3) is 0 Å². The molecule has 2 rings (SSSR count). The van der Waals surface area contributed by atoms with Crippen molar-refractivity contribution in [3.63, 3.8) is 0 Å². The third-order valence-electron chi connectivity index (χ3n) is 5.58. The number of hydrogen-bond acceptors (Lipinski definition) is 6. The average Bonchev–Trinajstić information content (AvgIpc) is 2.80. The zero-order valence-electron chi connectivity index (χ0n) is 21.4. The SMILES string of the molecule is CCCCN(CCCC)NC(=O)c1ccc(Oc2ccccc2)c(S(N)(=O)=O)c1CCCN(C)C. The lowest BCUT2D eigenvalue weighted by molar-refractivity contribution is 0.0781. The minimum absolute atomic E-state index is 0.115. The first kappa shape index (κ1) is 28.8. The van der Waals surface area contributed by atoms with Gasteiger partial charge in [-0.15, -0.1) is 0 Å². The molecule has 3 N–H and O–H groups in total. The van der Waals surface area contributed by atoms with E-state index in [1.165, 1.54) is 6.07 Å². The first-order valence-corrected chi connectivity index (χ1v) is 13.8. The summed E-state index contributed by atoms with van der Waals surface area (Å²) in [5.74, 6) is 0.260. The summed E-state index contributed by atoms with van der Waals surface area (Å²) < 4.78 is 31.5. The Bertz CT molecular complexity index is 1030. The van der Waals surface area contributed by atoms with Gasteiger partial charge >= 0.3 is 0 Å². The van der Waals surface area contributed by atoms with Crippen LogP contribution in [-0.4, -0.2) is 58.0 Å². The van der Waals surface area contributed by atoms with Gasteiger partial charge in [-0.25, -0.2) is 18.6 Å². The second-order valence-electron chi connectivity index (χ2n) is 8.92. The van der Waals surface area contributed by atoms with E-state index in [1.807, 2.05) is 30.1 Å². The molecule has 9 heteroatoms. The number of hydrazine groups is 1. The Morgan fingerprint density at radius 3 is 2.11 bits per heavy atom. The molecule has 0 spiro atoms. The van der Waals surface area contributed by atoms with Gasteiger partial charge in [-0.1, -0.05) is 44.9 Å². The predicted molar refractivity (Wildman–Crippen MR) is 140 cm³/mol. The topological polar surface area (TPSA) is 105 Å². The number of nitrogens with two attached hydrogens (primary N) is 1. The first-order chi connectivity index (χ1) is 16.7. The summed E-state index contributed by atoms with van der Waals surface area (Å²) in [5, 5.41) is 7.61. The van der Waals surface area contributed by atoms with Gasteiger partial charge in [0.2, 0.25) is 10.0 Å². The highest BCUT2D eigenvalue weighted by Crippen LogP contribution is 2.34. The Morgan fingerprint density at radius 2 is 1.57 bits per heavy atom. The van der Waals surface area contributed by atoms with Gasteiger partial charge in [-0.05, 0) is 76.2 Å². The zero-order chi connectivity index (χ0) is 25.8. The Kier molecular flexibility index (Phi) is 11.7. The van der Waals surface area contributed by atoms with Gasteiger partial charge in [0, 0.05) is 18.7 Å². The fourth-order valence-electron chi connectivity index (χ4n) is 3.77. The predicted octanol–water partition coefficient (Wildman–Crippen LogP) is 4.17. The van der Waals surface area contributed by atoms with Crippen LogP contribution in [0.1, 0.15) is 61.9 Å². The van der Waals surface area contributed by atoms with Gasteiger partial charge in [0.25, 0.3) is 5.91 Å². The Morgan fingerprint density at radius 1 is 0.943 bits per heavy atom. The number of unbranched alkanes of at least 4 members (excludes halogenated alkanes) is 2. The van der Waals surface area contributed by atoms with Crippen molar-refractivity contribution in [2.45, 2.75) is 57.3 Å². The molecule has 194 valence electrons. The van der Waals surface area contributed by atoms with Gasteiger partial charge in [-0.2, -0.15) is 0 Å². The molecule has 0 aromatic heterocycles. The molecule has 0 aliphatic rings. The van der Waals surface area contributed by atoms with E-state index >= 15 is 0 Å². The normalized spacial score (nSPS) is 11.7. The Labute approximate surface area is 210 Å². The molecule has 0 fully saturated rings. The maximum atomic E-state index is 13.4. The van der Waals surface area contributed by atoms with Crippen molar-refractivity contribution >= 4 is 15.9 Å². The number of hydrogen-bond donors (Lipinski definition) is 2. The summed E-state index contributed by atoms with van der Waals surface area (Å²) >= 11 is 0. The van der Waals surface area contributed by atoms with Crippen molar-refractivity contribution < 1.29 is 17.9 Å². The summed E-state index contributed by atoms with van der Waals surface area (Å²) in [6.45, 7) is 6.40. The van der Waals surface area contributed by atoms with E-state index in [9.17, 15) is 13.2 Å². The molecule has 2 aromatic rings. The molecule has 1 amide bonds. The molecule has 0 unspecified atom stereocenters. The number of sulfonamides is 1. The zero-order valence-corrected chi connectivity index (χ0v) is 22.2. The van der Waals surface area contributed by atoms with Crippen LogP contribution in [0.3, 0.4) is 0 Å². The number of para-hydroxylation sites is 1. The van der Waals surface area contributed by atoms with Crippen molar-refractivity contribution in [3.05, 3.63) is 53.6 Å². The van der Waals surface area contributed by atoms with E-state index in [-0.39, 0.29) is 16.6 Å². The average molecular weight is 505 g/mol. The smallest absolute Gasteiger partial charge is 0.265 e. The fourth-order valence-corrected chi connectivity index (χ4v) is 4.72. The van der Waals surface area contributed by atoms with Crippen LogP contribution >= 0.6 is 0 Å². The lowest BCUT2D eigenvalue weighted by atomic mass is 10.0. The molecule has 0 radical (unpaired) electrons. The molecule has 2 aromatic carbocycles. The summed E-state index contributed by atoms with van der Waals surface area (Å²) in [5.41, 5.74) is 3.68. The van der Waals surface area contributed by atoms with E-state index in [0.29, 0.717) is 29.7 Å². The second-order valence-corrected chi connectivity index (χ2v) is 10.4. The van der Waals surface area contributed by atoms with E-state index in [4.69, 9.17) is 9.88 Å². The summed E-state index contributed by atoms with van der Waals surface area (Å²) in [7, 11) is -0.286. The van der Waals surface area contributed by atoms with Gasteiger partial charge in [0.15, 0.2) is 0 Å². The second kappa shape index (κ2) is 14.2. The summed E-state index contributed by atoms with van der Waals surface area (Å²) in [6, 6.07) is 12.1. The molecular formula is C26H40N4O4S. The lowest BCUT2D eigenvalue weighted by Gasteiger charge is -2.24. The number of benzene rings is 2. The minimum Gasteiger partial charge on any atom is -0.456 e. The van der Waals surface area contributed by atoms with Crippen LogP contribution in [0.5, 0.6) is 11.5 Å². The highest BCUT2D eigenvalue weighted by Gasteiger charge is 2.27. The first-order valence-electron chi connectivity index (χ1n) is 12.3. The van der Waals surface area contributed by atoms with Gasteiger partial charge in [0.1, 0.15) is 16.4 Å². The minimum atomic E-state index is -4.18. The third-order valence-corrected chi connectivity index (χ3v) is 6.60. The Hall–Kier alpha value is -2.46. The monoisotopic (exact) mass is 504 g/mol. The molecule has 0 saturated carbocycles. The number of carbonyl (C=O) groups is 1. The number of ether oxygens (including phenoxy) is 1. The number of carbonyl (C=O) groups excluding carboxylic acids is 1. The largest absolute Gasteiger partial charge is 0.456 e. The summed E-state index contributed by atoms with van der Waals surface area (Å²) in [4.78, 5) is 15.3. The number of nitrogens with zero attached hydrogens (tertiary/aromatic N) is 2. The highest BCUT2D eigenvalue weighted by molar-refractivity contribution is 7.89. The maximum absolute atomic E-state index is 13.4. The molecule has 8 nitrogen and oxygen atoms in total. The van der Waals surface area contributed by atoms with Crippen molar-refractivity contribution in [1.82, 2.24) is 15.3 Å². The van der Waals surface area contributed by atoms with Crippen molar-refractivity contribution in [2.24, 2.45) is 5.14 Å². The van der Waals surface area contributed by atoms with Crippen LogP contribution < -0.4 is 15.3 Å². The summed E-state index contributed by atoms with van der Waals surface area (Å²) in [6.07, 6.45) is 4.94. The lowest BCUT2D eigenvalue weighted by Crippen LogP contribution is -2.43. The highest BCUT2D eigenvalue weighted by atomic mass is 32.2. The number of nitrogens with one attached hydrogen (secondary N) is 1. The van der Waals surface area contributed by atoms with E-state index in [1.54, 1.807) is 30.3 Å². The number of amides is 1. The van der Waals surface area contributed by atoms with Crippen LogP contribution in [0.4, 0.5) is 0 Å². The van der Waals surface area contributed by atoms with Crippen LogP contribution in [0.2, 0.25) is 0 Å². The molecule has 0 atom stereocenters. The third kappa shape index (κ3) is 9.25. The number of primary sulfonamides is 1. The molecule has 35 heavy (non-hydrogen) atoms. The fraction of sp³-hybridized carbons (Fsp3) is 0.500. The van der Waals surface area contributed by atoms with Crippen LogP contribution in [0, 0.1) is 0 Å². The van der Waals surface area contributed by atoms with Crippen LogP contribution in [0.15, 0.2) is 47.4 Å². The molecule has 0 heterocycles. The molecule has 0 bridgehead atoms. The Balaban J connectivity index is 2.50. The molecule has 0 aliphatic carbocycles. The maximum Gasteiger partial charge on any atom is 0.265 e. The van der Waals surface area contributed by atoms with Gasteiger partial charge in [0.05, 0.1) is 0 Å². The van der Waals surface area contributed by atoms with E-state index in [0.717, 1.165) is 45.3 Å². The molecule has 0 saturated heterocycles. The van der Waals surface area contributed by atoms with E-state index < -0.39 is 10.0 Å². The van der Waals surface area contributed by atoms with Crippen LogP contribution in [-0.2, 0) is 16.4 Å². The van der Waals surface area contributed by atoms with Gasteiger partial charge in [-0.3, -0.25) is 10.2 Å². The standard InChI is InChI=1S/C26H40N4O4S/c1-5-7-19-30(20-8-6-2)28-26(31)23-16-17-24(34-21-13-10-9-11-14-21)25(35(27,32)33)22(23)15-12-18-29(3)4/h9-11,13-14,16-17H,5-8,12,15,18-20H2,1-4H3,(H,28,31)(H2,27,32,33). The van der Waals surface area contributed by atoms with Gasteiger partial charge < -0.3 is 9.64 Å². The van der Waals surface area contributed by atoms with E-state index in [2.05, 4.69) is 19.3 Å². The molecule has 0 aliphatic heterocycles. The van der Waals surface area contributed by atoms with Crippen molar-refractivity contribution in [1.29, 1.82) is 0 Å². The van der Waals surface area contributed by atoms with Crippen molar-refractivity contribution in [3.8, 4) is 11.5 Å². The quantitative estimate of drug-likeness (QED) is 0.353. The van der Waals surface area contributed by atoms with Crippen molar-refractivity contribution in [2.75, 3.05) is 33.7 Å². The number of rotatable bonds is 15. The molecular weight excluding hydrogens is 464 g/mol.